The van der Waals surface area contributed by atoms with E-state index in [2.05, 4.69) is 11.8 Å². The standard InChI is InChI=1S/C13H26N2/c1-11-5-4-9-15(10-8-11)13-7-3-2-6-12(13)14/h11-13H,2-10,14H2,1H3. The number of nitrogens with two attached hydrogens (primary N) is 1. The van der Waals surface area contributed by atoms with Gasteiger partial charge in [-0.1, -0.05) is 19.8 Å². The molecule has 0 aromatic heterocycles. The van der Waals surface area contributed by atoms with E-state index in [1.807, 2.05) is 0 Å². The summed E-state index contributed by atoms with van der Waals surface area (Å²) in [6.07, 6.45) is 9.50. The van der Waals surface area contributed by atoms with Crippen LogP contribution >= 0.6 is 0 Å². The van der Waals surface area contributed by atoms with Gasteiger partial charge in [0.25, 0.3) is 0 Å². The third-order valence-electron chi connectivity index (χ3n) is 4.30. The Morgan fingerprint density at radius 3 is 2.53 bits per heavy atom. The number of nitrogens with zero attached hydrogens (tertiary/aromatic N) is 1. The Labute approximate surface area is 94.2 Å². The summed E-state index contributed by atoms with van der Waals surface area (Å²) in [5, 5.41) is 0. The van der Waals surface area contributed by atoms with Gasteiger partial charge in [0.1, 0.15) is 0 Å². The van der Waals surface area contributed by atoms with Crippen molar-refractivity contribution >= 4 is 0 Å². The molecule has 2 fully saturated rings. The molecular formula is C13H26N2. The molecule has 15 heavy (non-hydrogen) atoms. The molecule has 1 aliphatic heterocycles. The van der Waals surface area contributed by atoms with Crippen LogP contribution in [-0.2, 0) is 0 Å². The quantitative estimate of drug-likeness (QED) is 0.720. The van der Waals surface area contributed by atoms with Gasteiger partial charge in [-0.3, -0.25) is 4.90 Å². The van der Waals surface area contributed by atoms with Gasteiger partial charge in [-0.25, -0.2) is 0 Å². The molecule has 0 aromatic rings. The van der Waals surface area contributed by atoms with Crippen LogP contribution in [0, 0.1) is 5.92 Å². The lowest BCUT2D eigenvalue weighted by Gasteiger charge is -2.37. The first-order valence-corrected chi connectivity index (χ1v) is 6.77. The molecule has 0 spiro atoms. The summed E-state index contributed by atoms with van der Waals surface area (Å²) in [4.78, 5) is 2.69. The van der Waals surface area contributed by atoms with Crippen LogP contribution in [-0.4, -0.2) is 30.1 Å². The minimum atomic E-state index is 0.451. The highest BCUT2D eigenvalue weighted by Crippen LogP contribution is 2.25. The molecule has 2 N–H and O–H groups in total. The highest BCUT2D eigenvalue weighted by molar-refractivity contribution is 4.87. The highest BCUT2D eigenvalue weighted by Gasteiger charge is 2.28. The van der Waals surface area contributed by atoms with Crippen LogP contribution in [0.1, 0.15) is 51.9 Å². The maximum absolute atomic E-state index is 6.25. The molecule has 0 aromatic carbocycles. The molecule has 0 radical (unpaired) electrons. The van der Waals surface area contributed by atoms with Gasteiger partial charge in [0.05, 0.1) is 0 Å². The normalized spacial score (nSPS) is 40.0. The first-order chi connectivity index (χ1) is 7.27. The third kappa shape index (κ3) is 2.94. The zero-order valence-electron chi connectivity index (χ0n) is 10.1. The van der Waals surface area contributed by atoms with Crippen LogP contribution in [0.4, 0.5) is 0 Å². The zero-order chi connectivity index (χ0) is 10.7. The summed E-state index contributed by atoms with van der Waals surface area (Å²) in [7, 11) is 0. The first-order valence-electron chi connectivity index (χ1n) is 6.77. The average Bonchev–Trinajstić information content (AvgIpc) is 2.44. The Hall–Kier alpha value is -0.0800. The minimum absolute atomic E-state index is 0.451. The van der Waals surface area contributed by atoms with Gasteiger partial charge in [-0.15, -0.1) is 0 Å². The molecule has 2 heteroatoms. The molecular weight excluding hydrogens is 184 g/mol. The van der Waals surface area contributed by atoms with E-state index in [1.165, 1.54) is 58.0 Å². The summed E-state index contributed by atoms with van der Waals surface area (Å²) in [6.45, 7) is 4.98. The van der Waals surface area contributed by atoms with Gasteiger partial charge in [0.15, 0.2) is 0 Å². The van der Waals surface area contributed by atoms with Crippen molar-refractivity contribution in [3.8, 4) is 0 Å². The van der Waals surface area contributed by atoms with Crippen LogP contribution in [0.3, 0.4) is 0 Å². The van der Waals surface area contributed by atoms with Crippen molar-refractivity contribution in [2.24, 2.45) is 11.7 Å². The molecule has 3 unspecified atom stereocenters. The second-order valence-electron chi connectivity index (χ2n) is 5.59. The summed E-state index contributed by atoms with van der Waals surface area (Å²) in [6, 6.07) is 1.15. The lowest BCUT2D eigenvalue weighted by Crippen LogP contribution is -2.49. The highest BCUT2D eigenvalue weighted by atomic mass is 15.2. The maximum Gasteiger partial charge on any atom is 0.0247 e. The van der Waals surface area contributed by atoms with E-state index in [1.54, 1.807) is 0 Å². The minimum Gasteiger partial charge on any atom is -0.326 e. The van der Waals surface area contributed by atoms with E-state index < -0.39 is 0 Å². The number of hydrogen-bond donors (Lipinski definition) is 1. The lowest BCUT2D eigenvalue weighted by atomic mass is 9.89. The predicted molar refractivity (Wildman–Crippen MR) is 64.8 cm³/mol. The van der Waals surface area contributed by atoms with E-state index in [9.17, 15) is 0 Å². The van der Waals surface area contributed by atoms with Crippen LogP contribution < -0.4 is 5.73 Å². The van der Waals surface area contributed by atoms with Gasteiger partial charge in [0.2, 0.25) is 0 Å². The fraction of sp³-hybridized carbons (Fsp3) is 1.00. The summed E-state index contributed by atoms with van der Waals surface area (Å²) in [5.74, 6) is 0.926. The summed E-state index contributed by atoms with van der Waals surface area (Å²) >= 11 is 0. The molecule has 2 aliphatic rings. The molecule has 1 aliphatic carbocycles. The van der Waals surface area contributed by atoms with E-state index in [0.29, 0.717) is 12.1 Å². The molecule has 1 heterocycles. The van der Waals surface area contributed by atoms with Gasteiger partial charge in [0, 0.05) is 12.1 Å². The summed E-state index contributed by atoms with van der Waals surface area (Å²) in [5.41, 5.74) is 6.25. The van der Waals surface area contributed by atoms with Gasteiger partial charge >= 0.3 is 0 Å². The van der Waals surface area contributed by atoms with Crippen LogP contribution in [0.2, 0.25) is 0 Å². The fourth-order valence-electron chi connectivity index (χ4n) is 3.21. The van der Waals surface area contributed by atoms with Crippen molar-refractivity contribution in [2.45, 2.75) is 64.0 Å². The predicted octanol–water partition coefficient (Wildman–Crippen LogP) is 2.38. The third-order valence-corrected chi connectivity index (χ3v) is 4.30. The topological polar surface area (TPSA) is 29.3 Å². The number of hydrogen-bond acceptors (Lipinski definition) is 2. The van der Waals surface area contributed by atoms with E-state index in [-0.39, 0.29) is 0 Å². The molecule has 3 atom stereocenters. The number of likely N-dealkylation sites (tertiary alicyclic amines) is 1. The van der Waals surface area contributed by atoms with Crippen molar-refractivity contribution in [2.75, 3.05) is 13.1 Å². The maximum atomic E-state index is 6.25. The lowest BCUT2D eigenvalue weighted by molar-refractivity contribution is 0.141. The second kappa shape index (κ2) is 5.31. The molecule has 1 saturated carbocycles. The van der Waals surface area contributed by atoms with Crippen LogP contribution in [0.5, 0.6) is 0 Å². The van der Waals surface area contributed by atoms with E-state index in [4.69, 9.17) is 5.73 Å². The zero-order valence-corrected chi connectivity index (χ0v) is 10.1. The molecule has 1 saturated heterocycles. The molecule has 88 valence electrons. The van der Waals surface area contributed by atoms with Crippen molar-refractivity contribution < 1.29 is 0 Å². The Bertz CT molecular complexity index is 193. The monoisotopic (exact) mass is 210 g/mol. The fourth-order valence-corrected chi connectivity index (χ4v) is 3.21. The van der Waals surface area contributed by atoms with Crippen molar-refractivity contribution in [1.82, 2.24) is 4.90 Å². The van der Waals surface area contributed by atoms with E-state index >= 15 is 0 Å². The summed E-state index contributed by atoms with van der Waals surface area (Å²) < 4.78 is 0. The largest absolute Gasteiger partial charge is 0.326 e. The van der Waals surface area contributed by atoms with Gasteiger partial charge in [-0.05, 0) is 51.1 Å². The SMILES string of the molecule is CC1CCCN(C2CCCCC2N)CC1. The second-order valence-corrected chi connectivity index (χ2v) is 5.59. The smallest absolute Gasteiger partial charge is 0.0247 e. The molecule has 0 bridgehead atoms. The Kier molecular flexibility index (Phi) is 4.04. The van der Waals surface area contributed by atoms with Gasteiger partial charge in [-0.2, -0.15) is 0 Å². The molecule has 2 nitrogen and oxygen atoms in total. The van der Waals surface area contributed by atoms with Crippen molar-refractivity contribution in [1.29, 1.82) is 0 Å². The number of rotatable bonds is 1. The van der Waals surface area contributed by atoms with Crippen molar-refractivity contribution in [3.05, 3.63) is 0 Å². The van der Waals surface area contributed by atoms with E-state index in [0.717, 1.165) is 5.92 Å². The first kappa shape index (κ1) is 11.4. The molecule has 2 rings (SSSR count). The van der Waals surface area contributed by atoms with Crippen LogP contribution in [0.15, 0.2) is 0 Å². The Morgan fingerprint density at radius 1 is 0.933 bits per heavy atom. The Balaban J connectivity index is 1.90. The van der Waals surface area contributed by atoms with Gasteiger partial charge < -0.3 is 5.73 Å². The van der Waals surface area contributed by atoms with Crippen molar-refractivity contribution in [3.63, 3.8) is 0 Å². The van der Waals surface area contributed by atoms with Crippen LogP contribution in [0.25, 0.3) is 0 Å². The average molecular weight is 210 g/mol. The Morgan fingerprint density at radius 2 is 1.73 bits per heavy atom. The molecule has 0 amide bonds.